The summed E-state index contributed by atoms with van der Waals surface area (Å²) in [5.74, 6) is 1.72. The summed E-state index contributed by atoms with van der Waals surface area (Å²) in [4.78, 5) is 4.52. The van der Waals surface area contributed by atoms with E-state index in [1.807, 2.05) is 36.4 Å². The van der Waals surface area contributed by atoms with Crippen molar-refractivity contribution in [1.29, 1.82) is 0 Å². The normalized spacial score (nSPS) is 10.6. The predicted molar refractivity (Wildman–Crippen MR) is 98.7 cm³/mol. The van der Waals surface area contributed by atoms with Crippen LogP contribution in [0.25, 0.3) is 22.5 Å². The molecule has 5 nitrogen and oxygen atoms in total. The lowest BCUT2D eigenvalue weighted by atomic mass is 10.0. The van der Waals surface area contributed by atoms with E-state index in [1.54, 1.807) is 38.3 Å². The zero-order chi connectivity index (χ0) is 18.5. The fourth-order valence-electron chi connectivity index (χ4n) is 2.95. The number of methoxy groups -OCH3 is 3. The number of hydrogen-bond acceptors (Lipinski definition) is 4. The molecule has 3 aromatic rings. The Morgan fingerprint density at radius 3 is 2.19 bits per heavy atom. The highest BCUT2D eigenvalue weighted by atomic mass is 19.1. The third-order valence-electron chi connectivity index (χ3n) is 4.17. The molecule has 6 heteroatoms. The lowest BCUT2D eigenvalue weighted by Crippen LogP contribution is -2.03. The first kappa shape index (κ1) is 17.8. The van der Waals surface area contributed by atoms with Gasteiger partial charge in [-0.05, 0) is 6.07 Å². The van der Waals surface area contributed by atoms with Gasteiger partial charge in [0, 0.05) is 17.2 Å². The van der Waals surface area contributed by atoms with Crippen LogP contribution in [0.1, 0.15) is 0 Å². The van der Waals surface area contributed by atoms with Crippen LogP contribution in [-0.2, 0) is 6.54 Å². The zero-order valence-corrected chi connectivity index (χ0v) is 15.0. The van der Waals surface area contributed by atoms with Gasteiger partial charge in [-0.25, -0.2) is 9.37 Å². The molecule has 0 N–H and O–H groups in total. The summed E-state index contributed by atoms with van der Waals surface area (Å²) in [5.41, 5.74) is 3.23. The number of aryl methyl sites for hydroxylation is 1. The van der Waals surface area contributed by atoms with Crippen molar-refractivity contribution in [3.05, 3.63) is 48.8 Å². The molecule has 0 saturated carbocycles. The SMILES string of the molecule is COc1cc(OC)c(-c2c(-c3ccccc3)ncn2CCF)cc1OC. The van der Waals surface area contributed by atoms with Crippen LogP contribution in [0.3, 0.4) is 0 Å². The van der Waals surface area contributed by atoms with Crippen LogP contribution in [0.4, 0.5) is 4.39 Å². The minimum atomic E-state index is -0.493. The Balaban J connectivity index is 2.27. The van der Waals surface area contributed by atoms with E-state index in [2.05, 4.69) is 4.98 Å². The fraction of sp³-hybridized carbons (Fsp3) is 0.250. The first-order valence-electron chi connectivity index (χ1n) is 8.20. The van der Waals surface area contributed by atoms with Gasteiger partial charge in [0.25, 0.3) is 0 Å². The van der Waals surface area contributed by atoms with Crippen LogP contribution in [0.15, 0.2) is 48.8 Å². The largest absolute Gasteiger partial charge is 0.496 e. The van der Waals surface area contributed by atoms with Crippen molar-refractivity contribution in [2.45, 2.75) is 6.54 Å². The lowest BCUT2D eigenvalue weighted by molar-refractivity contribution is 0.349. The molecule has 0 spiro atoms. The number of aromatic nitrogens is 2. The van der Waals surface area contributed by atoms with Gasteiger partial charge in [0.1, 0.15) is 12.4 Å². The second-order valence-corrected chi connectivity index (χ2v) is 5.60. The zero-order valence-electron chi connectivity index (χ0n) is 15.0. The van der Waals surface area contributed by atoms with E-state index in [1.165, 1.54) is 0 Å². The smallest absolute Gasteiger partial charge is 0.164 e. The number of imidazole rings is 1. The molecular weight excluding hydrogens is 335 g/mol. The Morgan fingerprint density at radius 1 is 0.923 bits per heavy atom. The Kier molecular flexibility index (Phi) is 5.41. The highest BCUT2D eigenvalue weighted by Gasteiger charge is 2.21. The van der Waals surface area contributed by atoms with Gasteiger partial charge in [-0.2, -0.15) is 0 Å². The van der Waals surface area contributed by atoms with E-state index in [4.69, 9.17) is 14.2 Å². The van der Waals surface area contributed by atoms with Crippen LogP contribution in [0.2, 0.25) is 0 Å². The van der Waals surface area contributed by atoms with Crippen molar-refractivity contribution in [3.63, 3.8) is 0 Å². The standard InChI is InChI=1S/C20H21FN2O3/c1-24-16-12-18(26-3)17(25-2)11-15(16)20-19(14-7-5-4-6-8-14)22-13-23(20)10-9-21/h4-8,11-13H,9-10H2,1-3H3. The first-order chi connectivity index (χ1) is 12.7. The van der Waals surface area contributed by atoms with Crippen molar-refractivity contribution in [3.8, 4) is 39.8 Å². The minimum absolute atomic E-state index is 0.201. The van der Waals surface area contributed by atoms with E-state index in [-0.39, 0.29) is 6.54 Å². The molecule has 0 unspecified atom stereocenters. The average Bonchev–Trinajstić information content (AvgIpc) is 3.11. The van der Waals surface area contributed by atoms with Gasteiger partial charge < -0.3 is 18.8 Å². The van der Waals surface area contributed by atoms with Crippen molar-refractivity contribution >= 4 is 0 Å². The molecule has 0 radical (unpaired) electrons. The van der Waals surface area contributed by atoms with Gasteiger partial charge in [-0.3, -0.25) is 0 Å². The van der Waals surface area contributed by atoms with Crippen LogP contribution in [-0.4, -0.2) is 37.6 Å². The number of benzene rings is 2. The molecule has 1 aromatic heterocycles. The number of ether oxygens (including phenoxy) is 3. The molecule has 0 bridgehead atoms. The predicted octanol–water partition coefficient (Wildman–Crippen LogP) is 4.21. The van der Waals surface area contributed by atoms with E-state index < -0.39 is 6.67 Å². The monoisotopic (exact) mass is 356 g/mol. The number of nitrogens with zero attached hydrogens (tertiary/aromatic N) is 2. The molecule has 1 heterocycles. The average molecular weight is 356 g/mol. The molecule has 0 fully saturated rings. The van der Waals surface area contributed by atoms with Gasteiger partial charge in [-0.15, -0.1) is 0 Å². The number of rotatable bonds is 7. The number of alkyl halides is 1. The maximum absolute atomic E-state index is 13.1. The summed E-state index contributed by atoms with van der Waals surface area (Å²) in [6, 6.07) is 13.4. The number of halogens is 1. The summed E-state index contributed by atoms with van der Waals surface area (Å²) in [5, 5.41) is 0. The van der Waals surface area contributed by atoms with Crippen molar-refractivity contribution in [1.82, 2.24) is 9.55 Å². The van der Waals surface area contributed by atoms with Gasteiger partial charge >= 0.3 is 0 Å². The van der Waals surface area contributed by atoms with Crippen LogP contribution < -0.4 is 14.2 Å². The van der Waals surface area contributed by atoms with Crippen LogP contribution in [0, 0.1) is 0 Å². The quantitative estimate of drug-likeness (QED) is 0.636. The summed E-state index contributed by atoms with van der Waals surface area (Å²) >= 11 is 0. The van der Waals surface area contributed by atoms with Gasteiger partial charge in [0.15, 0.2) is 11.5 Å². The molecule has 0 amide bonds. The Hall–Kier alpha value is -3.02. The maximum atomic E-state index is 13.1. The second kappa shape index (κ2) is 7.91. The third kappa shape index (κ3) is 3.22. The van der Waals surface area contributed by atoms with Crippen molar-refractivity contribution < 1.29 is 18.6 Å². The molecule has 2 aromatic carbocycles. The molecule has 26 heavy (non-hydrogen) atoms. The molecule has 0 aliphatic heterocycles. The third-order valence-corrected chi connectivity index (χ3v) is 4.17. The molecule has 0 atom stereocenters. The summed E-state index contributed by atoms with van der Waals surface area (Å²) in [6.45, 7) is -0.292. The van der Waals surface area contributed by atoms with Crippen molar-refractivity contribution in [2.24, 2.45) is 0 Å². The molecule has 136 valence electrons. The number of hydrogen-bond donors (Lipinski definition) is 0. The Morgan fingerprint density at radius 2 is 1.58 bits per heavy atom. The van der Waals surface area contributed by atoms with Crippen molar-refractivity contribution in [2.75, 3.05) is 28.0 Å². The van der Waals surface area contributed by atoms with E-state index >= 15 is 0 Å². The van der Waals surface area contributed by atoms with Gasteiger partial charge in [-0.1, -0.05) is 30.3 Å². The Bertz CT molecular complexity index is 878. The maximum Gasteiger partial charge on any atom is 0.164 e. The fourth-order valence-corrected chi connectivity index (χ4v) is 2.95. The van der Waals surface area contributed by atoms with Crippen LogP contribution >= 0.6 is 0 Å². The molecule has 3 rings (SSSR count). The van der Waals surface area contributed by atoms with Crippen LogP contribution in [0.5, 0.6) is 17.2 Å². The molecule has 0 saturated heterocycles. The second-order valence-electron chi connectivity index (χ2n) is 5.60. The molecule has 0 aliphatic carbocycles. The first-order valence-corrected chi connectivity index (χ1v) is 8.20. The van der Waals surface area contributed by atoms with E-state index in [0.717, 1.165) is 22.5 Å². The molecular formula is C20H21FN2O3. The minimum Gasteiger partial charge on any atom is -0.496 e. The van der Waals surface area contributed by atoms with E-state index in [9.17, 15) is 4.39 Å². The highest BCUT2D eigenvalue weighted by molar-refractivity contribution is 5.83. The summed E-state index contributed by atoms with van der Waals surface area (Å²) < 4.78 is 31.2. The Labute approximate surface area is 152 Å². The van der Waals surface area contributed by atoms with E-state index in [0.29, 0.717) is 17.2 Å². The van der Waals surface area contributed by atoms with Gasteiger partial charge in [0.2, 0.25) is 0 Å². The molecule has 0 aliphatic rings. The highest BCUT2D eigenvalue weighted by Crippen LogP contribution is 2.43. The summed E-state index contributed by atoms with van der Waals surface area (Å²) in [6.07, 6.45) is 1.65. The van der Waals surface area contributed by atoms with Gasteiger partial charge in [0.05, 0.1) is 45.6 Å². The topological polar surface area (TPSA) is 45.5 Å². The summed E-state index contributed by atoms with van der Waals surface area (Å²) in [7, 11) is 4.73. The lowest BCUT2D eigenvalue weighted by Gasteiger charge is -2.16.